The summed E-state index contributed by atoms with van der Waals surface area (Å²) in [4.78, 5) is 8.16. The molecule has 0 fully saturated rings. The number of rotatable bonds is 4. The maximum absolute atomic E-state index is 9.79. The molecule has 5 N–H and O–H groups in total. The molecule has 0 bridgehead atoms. The zero-order valence-electron chi connectivity index (χ0n) is 12.8. The van der Waals surface area contributed by atoms with Gasteiger partial charge in [-0.25, -0.2) is 4.98 Å². The number of aromatic nitrogens is 1. The second-order valence-corrected chi connectivity index (χ2v) is 5.21. The van der Waals surface area contributed by atoms with Crippen molar-refractivity contribution in [3.63, 3.8) is 0 Å². The van der Waals surface area contributed by atoms with Crippen LogP contribution in [0.1, 0.15) is 11.3 Å². The van der Waals surface area contributed by atoms with Crippen molar-refractivity contribution in [2.45, 2.75) is 6.54 Å². The summed E-state index contributed by atoms with van der Waals surface area (Å²) >= 11 is 0. The van der Waals surface area contributed by atoms with Crippen molar-refractivity contribution in [1.29, 1.82) is 0 Å². The highest BCUT2D eigenvalue weighted by molar-refractivity contribution is 5.80. The lowest BCUT2D eigenvalue weighted by atomic mass is 10.2. The SMILES string of the molecule is Oc1ccc(CN=Cc2nc(-c3ccc(O)c(O)c3)oc2O)cc1O. The van der Waals surface area contributed by atoms with Crippen molar-refractivity contribution < 1.29 is 29.9 Å². The van der Waals surface area contributed by atoms with Crippen LogP contribution in [-0.4, -0.2) is 36.7 Å². The van der Waals surface area contributed by atoms with E-state index in [-0.39, 0.29) is 41.1 Å². The molecule has 0 aliphatic heterocycles. The Labute approximate surface area is 141 Å². The van der Waals surface area contributed by atoms with Crippen molar-refractivity contribution in [2.24, 2.45) is 4.99 Å². The lowest BCUT2D eigenvalue weighted by molar-refractivity contribution is 0.336. The smallest absolute Gasteiger partial charge is 0.312 e. The van der Waals surface area contributed by atoms with E-state index in [2.05, 4.69) is 9.98 Å². The van der Waals surface area contributed by atoms with Gasteiger partial charge in [-0.15, -0.1) is 0 Å². The average molecular weight is 342 g/mol. The van der Waals surface area contributed by atoms with Crippen LogP contribution in [0.5, 0.6) is 28.9 Å². The molecule has 1 aromatic heterocycles. The summed E-state index contributed by atoms with van der Waals surface area (Å²) in [6.07, 6.45) is 1.30. The van der Waals surface area contributed by atoms with E-state index in [0.29, 0.717) is 11.1 Å². The van der Waals surface area contributed by atoms with Gasteiger partial charge in [-0.05, 0) is 35.9 Å². The number of phenolic OH excluding ortho intramolecular Hbond substituents is 4. The lowest BCUT2D eigenvalue weighted by Gasteiger charge is -1.99. The van der Waals surface area contributed by atoms with Gasteiger partial charge >= 0.3 is 5.95 Å². The van der Waals surface area contributed by atoms with E-state index in [1.54, 1.807) is 6.07 Å². The largest absolute Gasteiger partial charge is 0.504 e. The van der Waals surface area contributed by atoms with Gasteiger partial charge in [0.15, 0.2) is 28.7 Å². The van der Waals surface area contributed by atoms with Crippen LogP contribution in [0.4, 0.5) is 0 Å². The van der Waals surface area contributed by atoms with Crippen molar-refractivity contribution in [3.8, 4) is 40.4 Å². The third-order valence-electron chi connectivity index (χ3n) is 3.38. The predicted octanol–water partition coefficient (Wildman–Crippen LogP) is 2.49. The van der Waals surface area contributed by atoms with Gasteiger partial charge in [0.05, 0.1) is 12.8 Å². The van der Waals surface area contributed by atoms with E-state index >= 15 is 0 Å². The van der Waals surface area contributed by atoms with Crippen molar-refractivity contribution in [1.82, 2.24) is 4.98 Å². The molecule has 0 radical (unpaired) electrons. The fraction of sp³-hybridized carbons (Fsp3) is 0.0588. The second-order valence-electron chi connectivity index (χ2n) is 5.21. The molecule has 3 rings (SSSR count). The van der Waals surface area contributed by atoms with Gasteiger partial charge in [0.25, 0.3) is 0 Å². The zero-order chi connectivity index (χ0) is 18.0. The monoisotopic (exact) mass is 342 g/mol. The van der Waals surface area contributed by atoms with Crippen LogP contribution < -0.4 is 0 Å². The summed E-state index contributed by atoms with van der Waals surface area (Å²) in [5, 5.41) is 47.3. The van der Waals surface area contributed by atoms with Gasteiger partial charge in [0.2, 0.25) is 5.89 Å². The molecule has 0 atom stereocenters. The van der Waals surface area contributed by atoms with Crippen LogP contribution in [0.15, 0.2) is 45.8 Å². The molecule has 8 nitrogen and oxygen atoms in total. The molecule has 0 amide bonds. The van der Waals surface area contributed by atoms with Crippen molar-refractivity contribution >= 4 is 6.21 Å². The molecule has 8 heteroatoms. The molecular formula is C17H14N2O6. The third-order valence-corrected chi connectivity index (χ3v) is 3.38. The fourth-order valence-electron chi connectivity index (χ4n) is 2.09. The molecule has 0 aliphatic rings. The standard InChI is InChI=1S/C17H14N2O6/c20-12-3-1-9(5-14(12)22)7-18-8-11-17(24)25-16(19-11)10-2-4-13(21)15(23)6-10/h1-6,8,20-24H,7H2. The number of aliphatic imine (C=N–C) groups is 1. The highest BCUT2D eigenvalue weighted by atomic mass is 16.5. The molecule has 0 aliphatic carbocycles. The normalized spacial score (nSPS) is 11.2. The Morgan fingerprint density at radius 1 is 0.880 bits per heavy atom. The van der Waals surface area contributed by atoms with Crippen molar-refractivity contribution in [2.75, 3.05) is 0 Å². The van der Waals surface area contributed by atoms with E-state index in [9.17, 15) is 25.5 Å². The minimum Gasteiger partial charge on any atom is -0.504 e. The Bertz CT molecular complexity index is 948. The Balaban J connectivity index is 1.78. The summed E-state index contributed by atoms with van der Waals surface area (Å²) in [6, 6.07) is 8.32. The van der Waals surface area contributed by atoms with E-state index in [4.69, 9.17) is 4.42 Å². The number of hydrogen-bond acceptors (Lipinski definition) is 8. The average Bonchev–Trinajstić information content (AvgIpc) is 2.94. The molecule has 128 valence electrons. The Hall–Kier alpha value is -3.68. The number of hydrogen-bond donors (Lipinski definition) is 5. The molecule has 25 heavy (non-hydrogen) atoms. The van der Waals surface area contributed by atoms with E-state index in [1.807, 2.05) is 0 Å². The molecule has 0 unspecified atom stereocenters. The number of phenols is 4. The highest BCUT2D eigenvalue weighted by Gasteiger charge is 2.13. The fourth-order valence-corrected chi connectivity index (χ4v) is 2.09. The zero-order valence-corrected chi connectivity index (χ0v) is 12.8. The first-order chi connectivity index (χ1) is 11.9. The second kappa shape index (κ2) is 6.44. The van der Waals surface area contributed by atoms with Gasteiger partial charge < -0.3 is 29.9 Å². The number of aromatic hydroxyl groups is 5. The Kier molecular flexibility index (Phi) is 4.17. The number of benzene rings is 2. The van der Waals surface area contributed by atoms with Gasteiger partial charge in [-0.1, -0.05) is 6.07 Å². The summed E-state index contributed by atoms with van der Waals surface area (Å²) in [6.45, 7) is 0.190. The topological polar surface area (TPSA) is 140 Å². The first kappa shape index (κ1) is 16.2. The molecule has 2 aromatic carbocycles. The highest BCUT2D eigenvalue weighted by Crippen LogP contribution is 2.32. The summed E-state index contributed by atoms with van der Waals surface area (Å²) in [7, 11) is 0. The first-order valence-electron chi connectivity index (χ1n) is 7.17. The molecule has 3 aromatic rings. The van der Waals surface area contributed by atoms with Crippen LogP contribution in [0.25, 0.3) is 11.5 Å². The molecule has 1 heterocycles. The predicted molar refractivity (Wildman–Crippen MR) is 88.0 cm³/mol. The van der Waals surface area contributed by atoms with E-state index < -0.39 is 5.95 Å². The number of oxazole rings is 1. The summed E-state index contributed by atoms with van der Waals surface area (Å²) in [5.74, 6) is -1.47. The maximum atomic E-state index is 9.79. The molecule has 0 saturated heterocycles. The summed E-state index contributed by atoms with van der Waals surface area (Å²) < 4.78 is 5.12. The van der Waals surface area contributed by atoms with Gasteiger partial charge in [-0.2, -0.15) is 0 Å². The minimum absolute atomic E-state index is 0.0523. The summed E-state index contributed by atoms with van der Waals surface area (Å²) in [5.41, 5.74) is 1.11. The van der Waals surface area contributed by atoms with Gasteiger partial charge in [0.1, 0.15) is 0 Å². The third kappa shape index (κ3) is 3.47. The molecule has 0 saturated carbocycles. The van der Waals surface area contributed by atoms with Crippen molar-refractivity contribution in [3.05, 3.63) is 47.7 Å². The van der Waals surface area contributed by atoms with Crippen LogP contribution in [-0.2, 0) is 6.54 Å². The van der Waals surface area contributed by atoms with E-state index in [1.165, 1.54) is 36.5 Å². The Morgan fingerprint density at radius 2 is 1.56 bits per heavy atom. The van der Waals surface area contributed by atoms with Crippen LogP contribution in [0.2, 0.25) is 0 Å². The van der Waals surface area contributed by atoms with Crippen LogP contribution >= 0.6 is 0 Å². The van der Waals surface area contributed by atoms with E-state index in [0.717, 1.165) is 0 Å². The molecular weight excluding hydrogens is 328 g/mol. The lowest BCUT2D eigenvalue weighted by Crippen LogP contribution is -1.86. The van der Waals surface area contributed by atoms with Crippen LogP contribution in [0.3, 0.4) is 0 Å². The number of nitrogens with zero attached hydrogens (tertiary/aromatic N) is 2. The maximum Gasteiger partial charge on any atom is 0.312 e. The van der Waals surface area contributed by atoms with Gasteiger partial charge in [0, 0.05) is 5.56 Å². The minimum atomic E-state index is -0.445. The van der Waals surface area contributed by atoms with Crippen LogP contribution in [0, 0.1) is 0 Å². The quantitative estimate of drug-likeness (QED) is 0.362. The first-order valence-corrected chi connectivity index (χ1v) is 7.17. The molecule has 0 spiro atoms. The van der Waals surface area contributed by atoms with Gasteiger partial charge in [-0.3, -0.25) is 4.99 Å². The Morgan fingerprint density at radius 3 is 2.24 bits per heavy atom.